The number of Topliss-reactive ketones (excluding diaryl/α,β-unsaturated/α-hetero) is 1. The molecular weight excluding hydrogens is 513 g/mol. The number of aliphatic hydroxyl groups excluding tert-OH is 1. The predicted molar refractivity (Wildman–Crippen MR) is 137 cm³/mol. The molecule has 6 nitrogen and oxygen atoms in total. The summed E-state index contributed by atoms with van der Waals surface area (Å²) in [6.45, 7) is 1.83. The highest BCUT2D eigenvalue weighted by atomic mass is 35.5. The predicted octanol–water partition coefficient (Wildman–Crippen LogP) is 6.60. The molecule has 1 aliphatic rings. The van der Waals surface area contributed by atoms with Crippen LogP contribution in [0.5, 0.6) is 11.5 Å². The largest absolute Gasteiger partial charge is 0.507 e. The van der Waals surface area contributed by atoms with Crippen molar-refractivity contribution in [2.75, 3.05) is 19.1 Å². The lowest BCUT2D eigenvalue weighted by molar-refractivity contribution is -0.132. The van der Waals surface area contributed by atoms with E-state index in [9.17, 15) is 14.7 Å². The molecule has 1 aliphatic heterocycles. The van der Waals surface area contributed by atoms with Crippen molar-refractivity contribution >= 4 is 57.9 Å². The van der Waals surface area contributed by atoms with Crippen LogP contribution in [0.25, 0.3) is 5.76 Å². The minimum absolute atomic E-state index is 0.0739. The van der Waals surface area contributed by atoms with Gasteiger partial charge in [-0.15, -0.1) is 0 Å². The first kappa shape index (κ1) is 24.9. The molecule has 3 aromatic carbocycles. The van der Waals surface area contributed by atoms with Crippen molar-refractivity contribution in [1.82, 2.24) is 0 Å². The summed E-state index contributed by atoms with van der Waals surface area (Å²) < 4.78 is 10.9. The molecule has 0 radical (unpaired) electrons. The molecule has 1 unspecified atom stereocenters. The molecule has 1 saturated heterocycles. The minimum Gasteiger partial charge on any atom is -0.507 e. The van der Waals surface area contributed by atoms with E-state index < -0.39 is 23.5 Å². The van der Waals surface area contributed by atoms with Gasteiger partial charge < -0.3 is 14.6 Å². The summed E-state index contributed by atoms with van der Waals surface area (Å²) >= 11 is 18.8. The molecule has 4 rings (SSSR count). The topological polar surface area (TPSA) is 76.1 Å². The number of carbonyl (C=O) groups excluding carboxylic acids is 2. The van der Waals surface area contributed by atoms with Crippen LogP contribution in [0.2, 0.25) is 15.1 Å². The highest BCUT2D eigenvalue weighted by Crippen LogP contribution is 2.47. The molecule has 1 amide bonds. The normalized spacial score (nSPS) is 17.1. The zero-order valence-electron chi connectivity index (χ0n) is 18.9. The van der Waals surface area contributed by atoms with Crippen LogP contribution in [-0.4, -0.2) is 31.0 Å². The summed E-state index contributed by atoms with van der Waals surface area (Å²) in [7, 11) is 2.85. The number of amides is 1. The van der Waals surface area contributed by atoms with E-state index in [1.54, 1.807) is 42.5 Å². The Morgan fingerprint density at radius 2 is 1.66 bits per heavy atom. The molecular formula is C26H20Cl3NO5. The van der Waals surface area contributed by atoms with Gasteiger partial charge in [0.2, 0.25) is 0 Å². The Kier molecular flexibility index (Phi) is 6.99. The third kappa shape index (κ3) is 4.33. The third-order valence-electron chi connectivity index (χ3n) is 5.78. The van der Waals surface area contributed by atoms with Gasteiger partial charge in [0, 0.05) is 21.3 Å². The first-order valence-corrected chi connectivity index (χ1v) is 11.6. The first-order valence-electron chi connectivity index (χ1n) is 10.4. The summed E-state index contributed by atoms with van der Waals surface area (Å²) in [5.41, 5.74) is 1.57. The van der Waals surface area contributed by atoms with Gasteiger partial charge in [-0.25, -0.2) is 0 Å². The van der Waals surface area contributed by atoms with Crippen molar-refractivity contribution in [3.05, 3.63) is 91.9 Å². The lowest BCUT2D eigenvalue weighted by Gasteiger charge is -2.27. The standard InChI is InChI=1S/C26H20Cl3NO5/c1-13-8-9-15(12-18(13)28)30-22(16-6-4-5-7-20(16)34-2)21(24(32)26(30)33)23(31)17-10-14(27)11-19(29)25(17)35-3/h4-12,22,31H,1-3H3/b23-21+. The summed E-state index contributed by atoms with van der Waals surface area (Å²) in [5.74, 6) is -1.69. The third-order valence-corrected chi connectivity index (χ3v) is 6.69. The second kappa shape index (κ2) is 9.82. The molecule has 1 N–H and O–H groups in total. The number of nitrogens with zero attached hydrogens (tertiary/aromatic N) is 1. The number of rotatable bonds is 5. The molecule has 9 heteroatoms. The van der Waals surface area contributed by atoms with Gasteiger partial charge in [0.15, 0.2) is 0 Å². The maximum atomic E-state index is 13.4. The fourth-order valence-corrected chi connectivity index (χ4v) is 4.85. The first-order chi connectivity index (χ1) is 16.7. The average Bonchev–Trinajstić information content (AvgIpc) is 3.10. The van der Waals surface area contributed by atoms with Crippen LogP contribution < -0.4 is 14.4 Å². The van der Waals surface area contributed by atoms with Crippen LogP contribution in [0.1, 0.15) is 22.7 Å². The van der Waals surface area contributed by atoms with Gasteiger partial charge in [-0.05, 0) is 42.8 Å². The molecule has 35 heavy (non-hydrogen) atoms. The number of hydrogen-bond acceptors (Lipinski definition) is 5. The second-order valence-corrected chi connectivity index (χ2v) is 9.06. The van der Waals surface area contributed by atoms with E-state index >= 15 is 0 Å². The summed E-state index contributed by atoms with van der Waals surface area (Å²) in [6.07, 6.45) is 0. The average molecular weight is 533 g/mol. The number of benzene rings is 3. The number of aliphatic hydroxyl groups is 1. The van der Waals surface area contributed by atoms with Crippen LogP contribution in [0.4, 0.5) is 5.69 Å². The van der Waals surface area contributed by atoms with Crippen LogP contribution in [0.3, 0.4) is 0 Å². The van der Waals surface area contributed by atoms with Crippen LogP contribution >= 0.6 is 34.8 Å². The number of aryl methyl sites for hydroxylation is 1. The zero-order chi connectivity index (χ0) is 25.4. The van der Waals surface area contributed by atoms with Gasteiger partial charge in [-0.2, -0.15) is 0 Å². The number of ketones is 1. The maximum Gasteiger partial charge on any atom is 0.300 e. The molecule has 0 saturated carbocycles. The molecule has 1 atom stereocenters. The highest BCUT2D eigenvalue weighted by molar-refractivity contribution is 6.52. The van der Waals surface area contributed by atoms with Gasteiger partial charge in [0.1, 0.15) is 17.3 Å². The molecule has 0 spiro atoms. The molecule has 1 heterocycles. The Balaban J connectivity index is 2.05. The van der Waals surface area contributed by atoms with Crippen molar-refractivity contribution in [2.24, 2.45) is 0 Å². The highest BCUT2D eigenvalue weighted by Gasteiger charge is 2.48. The number of hydrogen-bond donors (Lipinski definition) is 1. The number of halogens is 3. The van der Waals surface area contributed by atoms with Crippen LogP contribution in [0, 0.1) is 6.92 Å². The molecule has 0 aromatic heterocycles. The smallest absolute Gasteiger partial charge is 0.300 e. The van der Waals surface area contributed by atoms with Crippen molar-refractivity contribution < 1.29 is 24.2 Å². The van der Waals surface area contributed by atoms with E-state index in [-0.39, 0.29) is 26.9 Å². The zero-order valence-corrected chi connectivity index (χ0v) is 21.2. The van der Waals surface area contributed by atoms with Gasteiger partial charge >= 0.3 is 0 Å². The Labute approximate surface area is 217 Å². The van der Waals surface area contributed by atoms with Gasteiger partial charge in [0.25, 0.3) is 11.7 Å². The van der Waals surface area contributed by atoms with Crippen LogP contribution in [-0.2, 0) is 9.59 Å². The van der Waals surface area contributed by atoms with Crippen molar-refractivity contribution in [3.63, 3.8) is 0 Å². The molecule has 3 aromatic rings. The van der Waals surface area contributed by atoms with Crippen molar-refractivity contribution in [1.29, 1.82) is 0 Å². The summed E-state index contributed by atoms with van der Waals surface area (Å²) in [5, 5.41) is 12.2. The molecule has 0 aliphatic carbocycles. The number of ether oxygens (including phenoxy) is 2. The van der Waals surface area contributed by atoms with Gasteiger partial charge in [-0.1, -0.05) is 59.1 Å². The molecule has 180 valence electrons. The van der Waals surface area contributed by atoms with E-state index in [4.69, 9.17) is 44.3 Å². The quantitative estimate of drug-likeness (QED) is 0.228. The number of anilines is 1. The van der Waals surface area contributed by atoms with Gasteiger partial charge in [0.05, 0.1) is 36.4 Å². The van der Waals surface area contributed by atoms with E-state index in [2.05, 4.69) is 0 Å². The van der Waals surface area contributed by atoms with E-state index in [1.165, 1.54) is 31.3 Å². The second-order valence-electron chi connectivity index (χ2n) is 7.81. The van der Waals surface area contributed by atoms with E-state index in [1.807, 2.05) is 6.92 Å². The Morgan fingerprint density at radius 3 is 2.31 bits per heavy atom. The lowest BCUT2D eigenvalue weighted by Crippen LogP contribution is -2.29. The number of para-hydroxylation sites is 1. The Hall–Kier alpha value is -3.19. The van der Waals surface area contributed by atoms with E-state index in [0.29, 0.717) is 22.0 Å². The summed E-state index contributed by atoms with van der Waals surface area (Å²) in [4.78, 5) is 28.1. The van der Waals surface area contributed by atoms with Gasteiger partial charge in [-0.3, -0.25) is 14.5 Å². The molecule has 1 fully saturated rings. The van der Waals surface area contributed by atoms with Crippen LogP contribution in [0.15, 0.2) is 60.2 Å². The monoisotopic (exact) mass is 531 g/mol. The number of methoxy groups -OCH3 is 2. The van der Waals surface area contributed by atoms with E-state index in [0.717, 1.165) is 5.56 Å². The molecule has 0 bridgehead atoms. The maximum absolute atomic E-state index is 13.4. The minimum atomic E-state index is -1.03. The fourth-order valence-electron chi connectivity index (χ4n) is 4.11. The SMILES string of the molecule is COc1ccccc1C1/C(=C(\O)c2cc(Cl)cc(Cl)c2OC)C(=O)C(=O)N1c1ccc(C)c(Cl)c1. The summed E-state index contributed by atoms with van der Waals surface area (Å²) in [6, 6.07) is 13.8. The number of carbonyl (C=O) groups is 2. The Morgan fingerprint density at radius 1 is 0.943 bits per heavy atom. The fraction of sp³-hybridized carbons (Fsp3) is 0.154. The lowest BCUT2D eigenvalue weighted by atomic mass is 9.94. The van der Waals surface area contributed by atoms with Crippen molar-refractivity contribution in [2.45, 2.75) is 13.0 Å². The van der Waals surface area contributed by atoms with Crippen molar-refractivity contribution in [3.8, 4) is 11.5 Å². The Bertz CT molecular complexity index is 1390.